The van der Waals surface area contributed by atoms with Crippen LogP contribution in [0.3, 0.4) is 0 Å². The van der Waals surface area contributed by atoms with E-state index in [9.17, 15) is 9.59 Å². The zero-order chi connectivity index (χ0) is 17.7. The highest BCUT2D eigenvalue weighted by molar-refractivity contribution is 5.98. The van der Waals surface area contributed by atoms with E-state index in [1.807, 2.05) is 24.0 Å². The van der Waals surface area contributed by atoms with Crippen molar-refractivity contribution in [3.8, 4) is 0 Å². The molecule has 4 nitrogen and oxygen atoms in total. The van der Waals surface area contributed by atoms with Crippen molar-refractivity contribution in [1.29, 1.82) is 0 Å². The fraction of sp³-hybridized carbons (Fsp3) is 0.600. The molecule has 4 heteroatoms. The molecule has 2 N–H and O–H groups in total. The Morgan fingerprint density at radius 3 is 2.21 bits per heavy atom. The molecule has 0 saturated carbocycles. The zero-order valence-corrected chi connectivity index (χ0v) is 15.1. The van der Waals surface area contributed by atoms with Crippen LogP contribution in [0.5, 0.6) is 0 Å². The van der Waals surface area contributed by atoms with Crippen LogP contribution >= 0.6 is 0 Å². The van der Waals surface area contributed by atoms with Gasteiger partial charge >= 0.3 is 0 Å². The Hall–Kier alpha value is -1.68. The standard InChI is InChI=1S/C20H30N2O2/c1-14(2)12-16-4-6-17(7-5-16)20(24)18-8-10-22(11-9-18)19(23)13-15(3)21/h4-7,14-15,18H,8-13,21H2,1-3H3. The van der Waals surface area contributed by atoms with Crippen molar-refractivity contribution in [1.82, 2.24) is 4.90 Å². The average Bonchev–Trinajstić information content (AvgIpc) is 2.54. The molecule has 1 fully saturated rings. The number of ketones is 1. The predicted molar refractivity (Wildman–Crippen MR) is 96.9 cm³/mol. The first-order chi connectivity index (χ1) is 11.4. The van der Waals surface area contributed by atoms with Crippen molar-refractivity contribution >= 4 is 11.7 Å². The number of rotatable bonds is 6. The minimum atomic E-state index is -0.110. The van der Waals surface area contributed by atoms with Crippen LogP contribution in [-0.4, -0.2) is 35.7 Å². The molecule has 2 rings (SSSR count). The lowest BCUT2D eigenvalue weighted by Gasteiger charge is -2.31. The fourth-order valence-corrected chi connectivity index (χ4v) is 3.31. The highest BCUT2D eigenvalue weighted by Crippen LogP contribution is 2.23. The molecule has 1 aliphatic rings. The maximum atomic E-state index is 12.7. The number of hydrogen-bond acceptors (Lipinski definition) is 3. The molecule has 1 heterocycles. The molecule has 1 unspecified atom stereocenters. The summed E-state index contributed by atoms with van der Waals surface area (Å²) in [5.41, 5.74) is 7.76. The molecular weight excluding hydrogens is 300 g/mol. The van der Waals surface area contributed by atoms with Crippen molar-refractivity contribution in [2.45, 2.75) is 52.5 Å². The second-order valence-electron chi connectivity index (χ2n) is 7.50. The van der Waals surface area contributed by atoms with Crippen LogP contribution in [0.2, 0.25) is 0 Å². The van der Waals surface area contributed by atoms with Gasteiger partial charge in [0.15, 0.2) is 5.78 Å². The number of piperidine rings is 1. The van der Waals surface area contributed by atoms with Crippen LogP contribution in [-0.2, 0) is 11.2 Å². The Kier molecular flexibility index (Phi) is 6.55. The number of carbonyl (C=O) groups excluding carboxylic acids is 2. The second-order valence-corrected chi connectivity index (χ2v) is 7.50. The van der Waals surface area contributed by atoms with Gasteiger partial charge in [0, 0.05) is 37.0 Å². The highest BCUT2D eigenvalue weighted by Gasteiger charge is 2.28. The summed E-state index contributed by atoms with van der Waals surface area (Å²) in [5, 5.41) is 0. The highest BCUT2D eigenvalue weighted by atomic mass is 16.2. The van der Waals surface area contributed by atoms with Crippen molar-refractivity contribution in [3.63, 3.8) is 0 Å². The number of benzene rings is 1. The van der Waals surface area contributed by atoms with Gasteiger partial charge in [0.25, 0.3) is 0 Å². The van der Waals surface area contributed by atoms with Gasteiger partial charge in [-0.15, -0.1) is 0 Å². The number of amides is 1. The summed E-state index contributed by atoms with van der Waals surface area (Å²) < 4.78 is 0. The zero-order valence-electron chi connectivity index (χ0n) is 15.1. The molecule has 0 aromatic heterocycles. The summed E-state index contributed by atoms with van der Waals surface area (Å²) in [4.78, 5) is 26.6. The molecule has 1 aromatic carbocycles. The van der Waals surface area contributed by atoms with Crippen LogP contribution in [0.4, 0.5) is 0 Å². The Balaban J connectivity index is 1.89. The molecule has 0 radical (unpaired) electrons. The van der Waals surface area contributed by atoms with Crippen LogP contribution < -0.4 is 5.73 Å². The van der Waals surface area contributed by atoms with Gasteiger partial charge in [0.05, 0.1) is 0 Å². The summed E-state index contributed by atoms with van der Waals surface area (Å²) in [6, 6.07) is 7.92. The average molecular weight is 330 g/mol. The number of nitrogens with zero attached hydrogens (tertiary/aromatic N) is 1. The van der Waals surface area contributed by atoms with E-state index in [1.165, 1.54) is 5.56 Å². The van der Waals surface area contributed by atoms with E-state index >= 15 is 0 Å². The molecule has 1 atom stereocenters. The number of Topliss-reactive ketones (excluding diaryl/α,β-unsaturated/α-hetero) is 1. The number of likely N-dealkylation sites (tertiary alicyclic amines) is 1. The maximum absolute atomic E-state index is 12.7. The van der Waals surface area contributed by atoms with Gasteiger partial charge in [-0.2, -0.15) is 0 Å². The summed E-state index contributed by atoms with van der Waals surface area (Å²) >= 11 is 0. The SMILES string of the molecule is CC(C)Cc1ccc(C(=O)C2CCN(C(=O)CC(C)N)CC2)cc1. The normalized spacial score (nSPS) is 17.1. The molecule has 1 saturated heterocycles. The Labute approximate surface area is 145 Å². The molecule has 0 aliphatic carbocycles. The smallest absolute Gasteiger partial charge is 0.224 e. The summed E-state index contributed by atoms with van der Waals surface area (Å²) in [6.45, 7) is 7.55. The third-order valence-corrected chi connectivity index (χ3v) is 4.60. The fourth-order valence-electron chi connectivity index (χ4n) is 3.31. The van der Waals surface area contributed by atoms with E-state index in [0.717, 1.165) is 24.8 Å². The van der Waals surface area contributed by atoms with E-state index in [4.69, 9.17) is 5.73 Å². The van der Waals surface area contributed by atoms with Crippen molar-refractivity contribution in [2.24, 2.45) is 17.6 Å². The van der Waals surface area contributed by atoms with Crippen molar-refractivity contribution < 1.29 is 9.59 Å². The topological polar surface area (TPSA) is 63.4 Å². The number of nitrogens with two attached hydrogens (primary N) is 1. The summed E-state index contributed by atoms with van der Waals surface area (Å²) in [6.07, 6.45) is 2.92. The largest absolute Gasteiger partial charge is 0.343 e. The van der Waals surface area contributed by atoms with Gasteiger partial charge in [0.2, 0.25) is 5.91 Å². The van der Waals surface area contributed by atoms with Gasteiger partial charge in [-0.05, 0) is 37.7 Å². The van der Waals surface area contributed by atoms with Gasteiger partial charge < -0.3 is 10.6 Å². The molecule has 0 bridgehead atoms. The van der Waals surface area contributed by atoms with E-state index in [1.54, 1.807) is 0 Å². The van der Waals surface area contributed by atoms with Crippen LogP contribution in [0.1, 0.15) is 56.0 Å². The van der Waals surface area contributed by atoms with E-state index in [0.29, 0.717) is 25.4 Å². The molecule has 1 aromatic rings. The van der Waals surface area contributed by atoms with Gasteiger partial charge in [0.1, 0.15) is 0 Å². The minimum absolute atomic E-state index is 0.0281. The molecule has 0 spiro atoms. The maximum Gasteiger partial charge on any atom is 0.224 e. The first-order valence-electron chi connectivity index (χ1n) is 9.03. The lowest BCUT2D eigenvalue weighted by atomic mass is 9.88. The van der Waals surface area contributed by atoms with Crippen molar-refractivity contribution in [3.05, 3.63) is 35.4 Å². The van der Waals surface area contributed by atoms with Gasteiger partial charge in [-0.25, -0.2) is 0 Å². The molecule has 1 amide bonds. The first kappa shape index (κ1) is 18.7. The number of hydrogen-bond donors (Lipinski definition) is 1. The third kappa shape index (κ3) is 5.17. The van der Waals surface area contributed by atoms with E-state index < -0.39 is 0 Å². The lowest BCUT2D eigenvalue weighted by Crippen LogP contribution is -2.42. The van der Waals surface area contributed by atoms with Crippen LogP contribution in [0, 0.1) is 11.8 Å². The van der Waals surface area contributed by atoms with Gasteiger partial charge in [-0.1, -0.05) is 38.1 Å². The Bertz CT molecular complexity index is 556. The molecule has 132 valence electrons. The first-order valence-corrected chi connectivity index (χ1v) is 9.03. The monoisotopic (exact) mass is 330 g/mol. The van der Waals surface area contributed by atoms with Crippen LogP contribution in [0.25, 0.3) is 0 Å². The summed E-state index contributed by atoms with van der Waals surface area (Å²) in [7, 11) is 0. The Morgan fingerprint density at radius 1 is 1.12 bits per heavy atom. The quantitative estimate of drug-likeness (QED) is 0.815. The third-order valence-electron chi connectivity index (χ3n) is 4.60. The summed E-state index contributed by atoms with van der Waals surface area (Å²) in [5.74, 6) is 0.962. The van der Waals surface area contributed by atoms with E-state index in [2.05, 4.69) is 26.0 Å². The lowest BCUT2D eigenvalue weighted by molar-refractivity contribution is -0.132. The molecular formula is C20H30N2O2. The van der Waals surface area contributed by atoms with Crippen LogP contribution in [0.15, 0.2) is 24.3 Å². The predicted octanol–water partition coefficient (Wildman–Crippen LogP) is 3.04. The van der Waals surface area contributed by atoms with E-state index in [-0.39, 0.29) is 23.7 Å². The minimum Gasteiger partial charge on any atom is -0.343 e. The molecule has 24 heavy (non-hydrogen) atoms. The van der Waals surface area contributed by atoms with Gasteiger partial charge in [-0.3, -0.25) is 9.59 Å². The van der Waals surface area contributed by atoms with Crippen molar-refractivity contribution in [2.75, 3.05) is 13.1 Å². The molecule has 1 aliphatic heterocycles. The second kappa shape index (κ2) is 8.43. The number of carbonyl (C=O) groups is 2. The Morgan fingerprint density at radius 2 is 1.71 bits per heavy atom.